The minimum atomic E-state index is -0.890. The molecule has 3 rings (SSSR count). The number of anilines is 1. The first-order chi connectivity index (χ1) is 11.6. The number of thiazole rings is 1. The van der Waals surface area contributed by atoms with Gasteiger partial charge in [0.25, 0.3) is 0 Å². The molecule has 0 aliphatic rings. The number of carboxylic acid groups (broad SMARTS) is 1. The lowest BCUT2D eigenvalue weighted by Crippen LogP contribution is -2.31. The summed E-state index contributed by atoms with van der Waals surface area (Å²) < 4.78 is 1.01. The second-order valence-electron chi connectivity index (χ2n) is 5.27. The van der Waals surface area contributed by atoms with Crippen LogP contribution in [0.2, 0.25) is 0 Å². The van der Waals surface area contributed by atoms with Crippen LogP contribution >= 0.6 is 27.3 Å². The molecule has 1 heterocycles. The smallest absolute Gasteiger partial charge is 0.326 e. The van der Waals surface area contributed by atoms with Crippen LogP contribution in [0.15, 0.2) is 64.5 Å². The second kappa shape index (κ2) is 7.59. The second-order valence-corrected chi connectivity index (χ2v) is 7.04. The molecule has 0 saturated heterocycles. The highest BCUT2D eigenvalue weighted by Crippen LogP contribution is 2.26. The van der Waals surface area contributed by atoms with E-state index in [1.54, 1.807) is 0 Å². The summed E-state index contributed by atoms with van der Waals surface area (Å²) in [4.78, 5) is 16.0. The lowest BCUT2D eigenvalue weighted by molar-refractivity contribution is -0.137. The fourth-order valence-corrected chi connectivity index (χ4v) is 3.33. The zero-order valence-electron chi connectivity index (χ0n) is 12.6. The Hall–Kier alpha value is -2.18. The highest BCUT2D eigenvalue weighted by molar-refractivity contribution is 9.10. The number of benzene rings is 2. The van der Waals surface area contributed by atoms with E-state index in [1.807, 2.05) is 60.0 Å². The number of rotatable bonds is 6. The fraction of sp³-hybridized carbons (Fsp3) is 0.111. The molecular weight excluding hydrogens is 388 g/mol. The number of hydrogen-bond acceptors (Lipinski definition) is 4. The van der Waals surface area contributed by atoms with Gasteiger partial charge in [0, 0.05) is 21.8 Å². The van der Waals surface area contributed by atoms with Gasteiger partial charge in [0.15, 0.2) is 5.13 Å². The monoisotopic (exact) mass is 402 g/mol. The molecule has 0 radical (unpaired) electrons. The van der Waals surface area contributed by atoms with E-state index in [-0.39, 0.29) is 0 Å². The lowest BCUT2D eigenvalue weighted by atomic mass is 10.1. The van der Waals surface area contributed by atoms with Gasteiger partial charge in [-0.25, -0.2) is 9.78 Å². The summed E-state index contributed by atoms with van der Waals surface area (Å²) >= 11 is 4.82. The van der Waals surface area contributed by atoms with Crippen molar-refractivity contribution in [3.05, 3.63) is 70.0 Å². The third-order valence-electron chi connectivity index (χ3n) is 3.52. The molecule has 0 bridgehead atoms. The van der Waals surface area contributed by atoms with Gasteiger partial charge in [0.2, 0.25) is 0 Å². The van der Waals surface area contributed by atoms with Crippen LogP contribution in [-0.4, -0.2) is 22.1 Å². The van der Waals surface area contributed by atoms with Gasteiger partial charge in [0.05, 0.1) is 5.69 Å². The fourth-order valence-electron chi connectivity index (χ4n) is 2.29. The van der Waals surface area contributed by atoms with Crippen molar-refractivity contribution in [1.29, 1.82) is 0 Å². The van der Waals surface area contributed by atoms with E-state index in [9.17, 15) is 9.90 Å². The molecule has 1 aromatic heterocycles. The van der Waals surface area contributed by atoms with Crippen molar-refractivity contribution in [1.82, 2.24) is 4.98 Å². The minimum absolute atomic E-state index is 0.406. The van der Waals surface area contributed by atoms with Gasteiger partial charge in [-0.15, -0.1) is 11.3 Å². The molecule has 0 amide bonds. The Morgan fingerprint density at radius 2 is 1.88 bits per heavy atom. The predicted molar refractivity (Wildman–Crippen MR) is 100 cm³/mol. The first-order valence-corrected chi connectivity index (χ1v) is 9.04. The van der Waals surface area contributed by atoms with Crippen LogP contribution < -0.4 is 5.32 Å². The van der Waals surface area contributed by atoms with Crippen molar-refractivity contribution in [2.45, 2.75) is 12.5 Å². The molecule has 0 aliphatic heterocycles. The van der Waals surface area contributed by atoms with Crippen molar-refractivity contribution in [3.63, 3.8) is 0 Å². The van der Waals surface area contributed by atoms with Gasteiger partial charge in [-0.2, -0.15) is 0 Å². The van der Waals surface area contributed by atoms with E-state index < -0.39 is 12.0 Å². The quantitative estimate of drug-likeness (QED) is 0.628. The van der Waals surface area contributed by atoms with E-state index in [2.05, 4.69) is 26.2 Å². The maximum Gasteiger partial charge on any atom is 0.326 e. The van der Waals surface area contributed by atoms with Crippen LogP contribution in [0.5, 0.6) is 0 Å². The Balaban J connectivity index is 1.74. The van der Waals surface area contributed by atoms with Crippen molar-refractivity contribution in [2.24, 2.45) is 0 Å². The zero-order valence-corrected chi connectivity index (χ0v) is 15.0. The van der Waals surface area contributed by atoms with Gasteiger partial charge >= 0.3 is 5.97 Å². The number of halogens is 1. The summed E-state index contributed by atoms with van der Waals surface area (Å²) in [6.07, 6.45) is 0.406. The Morgan fingerprint density at radius 1 is 1.17 bits per heavy atom. The number of aliphatic carboxylic acids is 1. The van der Waals surface area contributed by atoms with Crippen LogP contribution in [0.25, 0.3) is 11.3 Å². The molecule has 0 fully saturated rings. The average Bonchev–Trinajstić information content (AvgIpc) is 3.04. The minimum Gasteiger partial charge on any atom is -0.480 e. The SMILES string of the molecule is O=C(O)C(Cc1ccccc1)Nc1nc(-c2ccc(Br)cc2)cs1. The van der Waals surface area contributed by atoms with Crippen LogP contribution in [-0.2, 0) is 11.2 Å². The normalized spacial score (nSPS) is 11.9. The summed E-state index contributed by atoms with van der Waals surface area (Å²) in [7, 11) is 0. The number of carboxylic acids is 1. The Kier molecular flexibility index (Phi) is 5.27. The molecule has 2 N–H and O–H groups in total. The maximum atomic E-state index is 11.5. The summed E-state index contributed by atoms with van der Waals surface area (Å²) in [5, 5.41) is 15.0. The standard InChI is InChI=1S/C18H15BrN2O2S/c19-14-8-6-13(7-9-14)16-11-24-18(21-16)20-15(17(22)23)10-12-4-2-1-3-5-12/h1-9,11,15H,10H2,(H,20,21)(H,22,23). The molecule has 3 aromatic rings. The molecule has 1 unspecified atom stereocenters. The summed E-state index contributed by atoms with van der Waals surface area (Å²) in [5.41, 5.74) is 2.80. The van der Waals surface area contributed by atoms with Gasteiger partial charge < -0.3 is 10.4 Å². The van der Waals surface area contributed by atoms with E-state index in [0.717, 1.165) is 21.3 Å². The summed E-state index contributed by atoms with van der Waals surface area (Å²) in [5.74, 6) is -0.890. The largest absolute Gasteiger partial charge is 0.480 e. The van der Waals surface area contributed by atoms with Crippen molar-refractivity contribution in [3.8, 4) is 11.3 Å². The first-order valence-electron chi connectivity index (χ1n) is 7.36. The third-order valence-corrected chi connectivity index (χ3v) is 4.82. The third kappa shape index (κ3) is 4.21. The molecule has 4 nitrogen and oxygen atoms in total. The van der Waals surface area contributed by atoms with Crippen LogP contribution in [0.3, 0.4) is 0 Å². The molecule has 0 saturated carbocycles. The molecular formula is C18H15BrN2O2S. The first kappa shape index (κ1) is 16.7. The van der Waals surface area contributed by atoms with Crippen molar-refractivity contribution in [2.75, 3.05) is 5.32 Å². The highest BCUT2D eigenvalue weighted by atomic mass is 79.9. The molecule has 1 atom stereocenters. The summed E-state index contributed by atoms with van der Waals surface area (Å²) in [6, 6.07) is 16.7. The molecule has 2 aromatic carbocycles. The van der Waals surface area contributed by atoms with E-state index in [1.165, 1.54) is 11.3 Å². The Morgan fingerprint density at radius 3 is 2.54 bits per heavy atom. The molecule has 24 heavy (non-hydrogen) atoms. The topological polar surface area (TPSA) is 62.2 Å². The number of aromatic nitrogens is 1. The molecule has 122 valence electrons. The van der Waals surface area contributed by atoms with Gasteiger partial charge in [-0.05, 0) is 17.7 Å². The van der Waals surface area contributed by atoms with Gasteiger partial charge in [-0.1, -0.05) is 58.4 Å². The Labute approximate surface area is 152 Å². The lowest BCUT2D eigenvalue weighted by Gasteiger charge is -2.13. The Bertz CT molecular complexity index is 819. The number of carbonyl (C=O) groups is 1. The van der Waals surface area contributed by atoms with Crippen LogP contribution in [0.4, 0.5) is 5.13 Å². The molecule has 0 spiro atoms. The van der Waals surface area contributed by atoms with Crippen LogP contribution in [0, 0.1) is 0 Å². The highest BCUT2D eigenvalue weighted by Gasteiger charge is 2.19. The van der Waals surface area contributed by atoms with E-state index >= 15 is 0 Å². The summed E-state index contributed by atoms with van der Waals surface area (Å²) in [6.45, 7) is 0. The van der Waals surface area contributed by atoms with Gasteiger partial charge in [0.1, 0.15) is 6.04 Å². The average molecular weight is 403 g/mol. The maximum absolute atomic E-state index is 11.5. The number of nitrogens with one attached hydrogen (secondary N) is 1. The number of hydrogen-bond donors (Lipinski definition) is 2. The van der Waals surface area contributed by atoms with E-state index in [0.29, 0.717) is 11.6 Å². The molecule has 6 heteroatoms. The zero-order chi connectivity index (χ0) is 16.9. The predicted octanol–water partition coefficient (Wildman–Crippen LogP) is 4.68. The van der Waals surface area contributed by atoms with Crippen LogP contribution in [0.1, 0.15) is 5.56 Å². The van der Waals surface area contributed by atoms with Crippen molar-refractivity contribution >= 4 is 38.4 Å². The molecule has 0 aliphatic carbocycles. The van der Waals surface area contributed by atoms with Gasteiger partial charge in [-0.3, -0.25) is 0 Å². The number of nitrogens with zero attached hydrogens (tertiary/aromatic N) is 1. The van der Waals surface area contributed by atoms with Crippen molar-refractivity contribution < 1.29 is 9.90 Å². The van der Waals surface area contributed by atoms with E-state index in [4.69, 9.17) is 0 Å².